The van der Waals surface area contributed by atoms with E-state index in [1.807, 2.05) is 30.5 Å². The molecule has 1 heterocycles. The number of rotatable bonds is 3. The molecule has 0 atom stereocenters. The molecule has 0 spiro atoms. The number of anilines is 1. The maximum Gasteiger partial charge on any atom is 0.221 e. The normalized spacial score (nSPS) is 10.1. The van der Waals surface area contributed by atoms with E-state index in [-0.39, 0.29) is 11.7 Å². The molecule has 0 fully saturated rings. The number of amides is 1. The third kappa shape index (κ3) is 2.49. The first-order valence-electron chi connectivity index (χ1n) is 5.55. The Morgan fingerprint density at radius 3 is 2.44 bits per heavy atom. The lowest BCUT2D eigenvalue weighted by Gasteiger charge is -2.05. The van der Waals surface area contributed by atoms with Gasteiger partial charge in [-0.1, -0.05) is 30.3 Å². The molecule has 1 aromatic heterocycles. The first kappa shape index (κ1) is 12.5. The van der Waals surface area contributed by atoms with Crippen LogP contribution in [0.2, 0.25) is 0 Å². The number of hydrogen-bond acceptors (Lipinski definition) is 3. The highest BCUT2D eigenvalue weighted by Crippen LogP contribution is 2.29. The number of ketones is 1. The molecule has 1 N–H and O–H groups in total. The second kappa shape index (κ2) is 5.14. The summed E-state index contributed by atoms with van der Waals surface area (Å²) in [5.74, 6) is -0.225. The molecule has 0 unspecified atom stereocenters. The first-order chi connectivity index (χ1) is 8.59. The van der Waals surface area contributed by atoms with Crippen molar-refractivity contribution in [1.82, 2.24) is 0 Å². The van der Waals surface area contributed by atoms with Crippen molar-refractivity contribution < 1.29 is 9.59 Å². The summed E-state index contributed by atoms with van der Waals surface area (Å²) in [5, 5.41) is 5.20. The lowest BCUT2D eigenvalue weighted by Crippen LogP contribution is -2.10. The molecule has 0 saturated carbocycles. The van der Waals surface area contributed by atoms with E-state index in [0.717, 1.165) is 5.56 Å². The number of aryl methyl sites for hydroxylation is 1. The predicted octanol–water partition coefficient (Wildman–Crippen LogP) is 3.25. The largest absolute Gasteiger partial charge is 0.317 e. The fourth-order valence-electron chi connectivity index (χ4n) is 1.71. The summed E-state index contributed by atoms with van der Waals surface area (Å²) in [6.07, 6.45) is 0. The van der Waals surface area contributed by atoms with Crippen LogP contribution in [0.5, 0.6) is 0 Å². The molecule has 2 aromatic rings. The molecule has 2 rings (SSSR count). The molecule has 3 nitrogen and oxygen atoms in total. The number of thiophene rings is 1. The maximum absolute atomic E-state index is 12.4. The van der Waals surface area contributed by atoms with Gasteiger partial charge in [-0.15, -0.1) is 11.3 Å². The van der Waals surface area contributed by atoms with Crippen molar-refractivity contribution in [1.29, 1.82) is 0 Å². The van der Waals surface area contributed by atoms with E-state index >= 15 is 0 Å². The van der Waals surface area contributed by atoms with Crippen LogP contribution in [-0.2, 0) is 4.79 Å². The molecule has 0 radical (unpaired) electrons. The fraction of sp³-hybridized carbons (Fsp3) is 0.143. The zero-order valence-electron chi connectivity index (χ0n) is 10.2. The first-order valence-corrected chi connectivity index (χ1v) is 6.43. The van der Waals surface area contributed by atoms with Crippen molar-refractivity contribution in [2.24, 2.45) is 0 Å². The summed E-state index contributed by atoms with van der Waals surface area (Å²) >= 11 is 1.37. The Bertz CT molecular complexity index is 587. The molecule has 0 aliphatic carbocycles. The Morgan fingerprint density at radius 2 is 1.83 bits per heavy atom. The van der Waals surface area contributed by atoms with Gasteiger partial charge < -0.3 is 5.32 Å². The third-order valence-corrected chi connectivity index (χ3v) is 3.54. The topological polar surface area (TPSA) is 46.2 Å². The van der Waals surface area contributed by atoms with Gasteiger partial charge in [0.2, 0.25) is 5.91 Å². The Balaban J connectivity index is 2.41. The quantitative estimate of drug-likeness (QED) is 0.860. The van der Waals surface area contributed by atoms with Crippen LogP contribution in [0.1, 0.15) is 28.4 Å². The SMILES string of the molecule is CC(=O)Nc1scc(C)c1C(=O)c1ccccc1. The number of hydrogen-bond donors (Lipinski definition) is 1. The van der Waals surface area contributed by atoms with Gasteiger partial charge in [0.05, 0.1) is 5.56 Å². The van der Waals surface area contributed by atoms with Gasteiger partial charge in [0.25, 0.3) is 0 Å². The molecule has 18 heavy (non-hydrogen) atoms. The minimum atomic E-state index is -0.168. The van der Waals surface area contributed by atoms with Crippen LogP contribution in [0.3, 0.4) is 0 Å². The summed E-state index contributed by atoms with van der Waals surface area (Å²) in [7, 11) is 0. The Labute approximate surface area is 109 Å². The van der Waals surface area contributed by atoms with Crippen LogP contribution in [-0.4, -0.2) is 11.7 Å². The van der Waals surface area contributed by atoms with Crippen LogP contribution in [0, 0.1) is 6.92 Å². The molecule has 0 saturated heterocycles. The second-order valence-corrected chi connectivity index (χ2v) is 4.88. The summed E-state index contributed by atoms with van der Waals surface area (Å²) in [6, 6.07) is 9.07. The minimum absolute atomic E-state index is 0.0573. The van der Waals surface area contributed by atoms with Gasteiger partial charge in [-0.25, -0.2) is 0 Å². The van der Waals surface area contributed by atoms with Gasteiger partial charge in [0, 0.05) is 12.5 Å². The average Bonchev–Trinajstić information content (AvgIpc) is 2.70. The van der Waals surface area contributed by atoms with Gasteiger partial charge >= 0.3 is 0 Å². The number of carbonyl (C=O) groups excluding carboxylic acids is 2. The van der Waals surface area contributed by atoms with Gasteiger partial charge in [-0.3, -0.25) is 9.59 Å². The fourth-order valence-corrected chi connectivity index (χ4v) is 2.70. The van der Waals surface area contributed by atoms with Gasteiger partial charge in [0.1, 0.15) is 5.00 Å². The zero-order valence-corrected chi connectivity index (χ0v) is 11.0. The van der Waals surface area contributed by atoms with E-state index in [1.54, 1.807) is 12.1 Å². The maximum atomic E-state index is 12.4. The summed E-state index contributed by atoms with van der Waals surface area (Å²) in [5.41, 5.74) is 2.10. The van der Waals surface area contributed by atoms with E-state index in [0.29, 0.717) is 16.1 Å². The molecule has 4 heteroatoms. The lowest BCUT2D eigenvalue weighted by molar-refractivity contribution is -0.114. The van der Waals surface area contributed by atoms with Crippen molar-refractivity contribution in [3.63, 3.8) is 0 Å². The molecule has 0 aliphatic heterocycles. The van der Waals surface area contributed by atoms with Crippen LogP contribution < -0.4 is 5.32 Å². The number of benzene rings is 1. The van der Waals surface area contributed by atoms with Crippen LogP contribution in [0.4, 0.5) is 5.00 Å². The van der Waals surface area contributed by atoms with Crippen LogP contribution in [0.15, 0.2) is 35.7 Å². The highest BCUT2D eigenvalue weighted by atomic mass is 32.1. The molecular weight excluding hydrogens is 246 g/mol. The Kier molecular flexibility index (Phi) is 3.58. The van der Waals surface area contributed by atoms with Crippen molar-refractivity contribution in [3.8, 4) is 0 Å². The standard InChI is InChI=1S/C14H13NO2S/c1-9-8-18-14(15-10(2)16)12(9)13(17)11-6-4-3-5-7-11/h3-8H,1-2H3,(H,15,16). The van der Waals surface area contributed by atoms with E-state index in [9.17, 15) is 9.59 Å². The highest BCUT2D eigenvalue weighted by Gasteiger charge is 2.18. The monoisotopic (exact) mass is 259 g/mol. The van der Waals surface area contributed by atoms with E-state index in [4.69, 9.17) is 0 Å². The predicted molar refractivity (Wildman–Crippen MR) is 73.2 cm³/mol. The summed E-state index contributed by atoms with van der Waals surface area (Å²) in [6.45, 7) is 3.31. The number of nitrogens with one attached hydrogen (secondary N) is 1. The molecule has 92 valence electrons. The smallest absolute Gasteiger partial charge is 0.221 e. The van der Waals surface area contributed by atoms with Crippen LogP contribution in [0.25, 0.3) is 0 Å². The lowest BCUT2D eigenvalue weighted by atomic mass is 10.0. The van der Waals surface area contributed by atoms with Gasteiger partial charge in [0.15, 0.2) is 5.78 Å². The minimum Gasteiger partial charge on any atom is -0.317 e. The van der Waals surface area contributed by atoms with Gasteiger partial charge in [-0.2, -0.15) is 0 Å². The molecule has 0 bridgehead atoms. The average molecular weight is 259 g/mol. The Morgan fingerprint density at radius 1 is 1.17 bits per heavy atom. The molecule has 0 aliphatic rings. The molecule has 1 aromatic carbocycles. The number of carbonyl (C=O) groups is 2. The van der Waals surface area contributed by atoms with Crippen molar-refractivity contribution in [3.05, 3.63) is 52.4 Å². The summed E-state index contributed by atoms with van der Waals surface area (Å²) in [4.78, 5) is 23.5. The van der Waals surface area contributed by atoms with Crippen molar-refractivity contribution >= 4 is 28.0 Å². The zero-order chi connectivity index (χ0) is 13.1. The van der Waals surface area contributed by atoms with Crippen molar-refractivity contribution in [2.75, 3.05) is 5.32 Å². The van der Waals surface area contributed by atoms with E-state index < -0.39 is 0 Å². The Hall–Kier alpha value is -1.94. The van der Waals surface area contributed by atoms with Crippen LogP contribution >= 0.6 is 11.3 Å². The highest BCUT2D eigenvalue weighted by molar-refractivity contribution is 7.15. The second-order valence-electron chi connectivity index (χ2n) is 4.00. The van der Waals surface area contributed by atoms with E-state index in [1.165, 1.54) is 18.3 Å². The molecular formula is C14H13NO2S. The third-order valence-electron chi connectivity index (χ3n) is 2.53. The molecule has 1 amide bonds. The van der Waals surface area contributed by atoms with Gasteiger partial charge in [-0.05, 0) is 17.9 Å². The van der Waals surface area contributed by atoms with E-state index in [2.05, 4.69) is 5.32 Å². The van der Waals surface area contributed by atoms with Crippen molar-refractivity contribution in [2.45, 2.75) is 13.8 Å². The summed E-state index contributed by atoms with van der Waals surface area (Å²) < 4.78 is 0.